The highest BCUT2D eigenvalue weighted by molar-refractivity contribution is 9.10. The molecule has 0 aromatic carbocycles. The minimum atomic E-state index is 0.586. The molecule has 1 aliphatic carbocycles. The largest absolute Gasteiger partial charge is 0.381 e. The van der Waals surface area contributed by atoms with Crippen molar-refractivity contribution in [2.45, 2.75) is 19.9 Å². The summed E-state index contributed by atoms with van der Waals surface area (Å²) >= 11 is 3.33. The van der Waals surface area contributed by atoms with E-state index >= 15 is 0 Å². The van der Waals surface area contributed by atoms with Crippen molar-refractivity contribution in [3.8, 4) is 0 Å². The second kappa shape index (κ2) is 2.76. The third-order valence-electron chi connectivity index (χ3n) is 2.44. The topological polar surface area (TPSA) is 43.8 Å². The Morgan fingerprint density at radius 2 is 2.50 bits per heavy atom. The molecular formula is C8H12BrN3. The molecule has 1 aromatic heterocycles. The van der Waals surface area contributed by atoms with Crippen LogP contribution in [-0.4, -0.2) is 9.78 Å². The molecule has 3 nitrogen and oxygen atoms in total. The van der Waals surface area contributed by atoms with E-state index in [1.54, 1.807) is 0 Å². The van der Waals surface area contributed by atoms with Crippen molar-refractivity contribution in [2.75, 3.05) is 5.73 Å². The van der Waals surface area contributed by atoms with Crippen LogP contribution in [0, 0.1) is 11.8 Å². The maximum Gasteiger partial charge on any atom is 0.159 e. The molecule has 2 N–H and O–H groups in total. The lowest BCUT2D eigenvalue weighted by molar-refractivity contribution is 0.541. The minimum Gasteiger partial charge on any atom is -0.381 e. The van der Waals surface area contributed by atoms with Crippen LogP contribution in [0.5, 0.6) is 0 Å². The molecule has 0 radical (unpaired) electrons. The van der Waals surface area contributed by atoms with Crippen LogP contribution >= 0.6 is 15.9 Å². The number of anilines is 1. The van der Waals surface area contributed by atoms with Gasteiger partial charge >= 0.3 is 0 Å². The Bertz CT molecular complexity index is 275. The third kappa shape index (κ3) is 1.48. The summed E-state index contributed by atoms with van der Waals surface area (Å²) < 4.78 is 2.82. The zero-order valence-electron chi connectivity index (χ0n) is 7.00. The lowest BCUT2D eigenvalue weighted by Crippen LogP contribution is -2.01. The van der Waals surface area contributed by atoms with Crippen molar-refractivity contribution in [1.82, 2.24) is 9.78 Å². The van der Waals surface area contributed by atoms with Gasteiger partial charge in [-0.05, 0) is 34.2 Å². The SMILES string of the molecule is CC1CC1Cn1cc(Br)c(N)n1. The number of nitrogens with zero attached hydrogens (tertiary/aromatic N) is 2. The molecule has 2 rings (SSSR count). The zero-order valence-corrected chi connectivity index (χ0v) is 8.58. The Hall–Kier alpha value is -0.510. The van der Waals surface area contributed by atoms with Gasteiger partial charge in [-0.15, -0.1) is 0 Å². The van der Waals surface area contributed by atoms with Crippen LogP contribution in [-0.2, 0) is 6.54 Å². The third-order valence-corrected chi connectivity index (χ3v) is 3.05. The Morgan fingerprint density at radius 1 is 1.83 bits per heavy atom. The van der Waals surface area contributed by atoms with Crippen molar-refractivity contribution in [3.05, 3.63) is 10.7 Å². The molecular weight excluding hydrogens is 218 g/mol. The highest BCUT2D eigenvalue weighted by atomic mass is 79.9. The van der Waals surface area contributed by atoms with Gasteiger partial charge in [0.1, 0.15) is 0 Å². The lowest BCUT2D eigenvalue weighted by Gasteiger charge is -1.96. The smallest absolute Gasteiger partial charge is 0.159 e. The molecule has 0 amide bonds. The van der Waals surface area contributed by atoms with Crippen LogP contribution in [0.25, 0.3) is 0 Å². The fourth-order valence-electron chi connectivity index (χ4n) is 1.40. The summed E-state index contributed by atoms with van der Waals surface area (Å²) in [6, 6.07) is 0. The van der Waals surface area contributed by atoms with Gasteiger partial charge in [0.2, 0.25) is 0 Å². The molecule has 66 valence electrons. The maximum atomic E-state index is 5.59. The van der Waals surface area contributed by atoms with Crippen LogP contribution in [0.2, 0.25) is 0 Å². The Morgan fingerprint density at radius 3 is 2.92 bits per heavy atom. The van der Waals surface area contributed by atoms with E-state index in [-0.39, 0.29) is 0 Å². The van der Waals surface area contributed by atoms with E-state index in [2.05, 4.69) is 28.0 Å². The summed E-state index contributed by atoms with van der Waals surface area (Å²) in [5.74, 6) is 2.27. The summed E-state index contributed by atoms with van der Waals surface area (Å²) in [7, 11) is 0. The van der Waals surface area contributed by atoms with Crippen LogP contribution in [0.3, 0.4) is 0 Å². The molecule has 1 fully saturated rings. The molecule has 1 aromatic rings. The summed E-state index contributed by atoms with van der Waals surface area (Å²) in [4.78, 5) is 0. The Labute approximate surface area is 80.1 Å². The highest BCUT2D eigenvalue weighted by Crippen LogP contribution is 2.39. The van der Waals surface area contributed by atoms with Gasteiger partial charge in [-0.25, -0.2) is 0 Å². The van der Waals surface area contributed by atoms with E-state index in [4.69, 9.17) is 5.73 Å². The van der Waals surface area contributed by atoms with E-state index in [1.165, 1.54) is 6.42 Å². The van der Waals surface area contributed by atoms with E-state index in [9.17, 15) is 0 Å². The standard InChI is InChI=1S/C8H12BrN3/c1-5-2-6(5)3-12-4-7(9)8(10)11-12/h4-6H,2-3H2,1H3,(H2,10,11). The van der Waals surface area contributed by atoms with E-state index in [1.807, 2.05) is 10.9 Å². The maximum absolute atomic E-state index is 5.59. The second-order valence-corrected chi connectivity index (χ2v) is 4.41. The number of hydrogen-bond donors (Lipinski definition) is 1. The summed E-state index contributed by atoms with van der Waals surface area (Å²) in [6.45, 7) is 3.28. The molecule has 2 atom stereocenters. The first kappa shape index (κ1) is 8.10. The Kier molecular flexibility index (Phi) is 1.87. The predicted molar refractivity (Wildman–Crippen MR) is 51.6 cm³/mol. The highest BCUT2D eigenvalue weighted by Gasteiger charge is 2.32. The normalized spacial score (nSPS) is 27.5. The first-order valence-corrected chi connectivity index (χ1v) is 4.94. The zero-order chi connectivity index (χ0) is 8.72. The Balaban J connectivity index is 2.04. The quantitative estimate of drug-likeness (QED) is 0.842. The fraction of sp³-hybridized carbons (Fsp3) is 0.625. The van der Waals surface area contributed by atoms with Gasteiger partial charge in [-0.3, -0.25) is 4.68 Å². The van der Waals surface area contributed by atoms with Crippen LogP contribution < -0.4 is 5.73 Å². The van der Waals surface area contributed by atoms with Crippen molar-refractivity contribution in [1.29, 1.82) is 0 Å². The number of halogens is 1. The van der Waals surface area contributed by atoms with Crippen LogP contribution in [0.4, 0.5) is 5.82 Å². The molecule has 12 heavy (non-hydrogen) atoms. The average Bonchev–Trinajstić information content (AvgIpc) is 2.56. The van der Waals surface area contributed by atoms with Gasteiger partial charge in [0, 0.05) is 12.7 Å². The molecule has 1 aliphatic rings. The molecule has 0 spiro atoms. The van der Waals surface area contributed by atoms with Crippen molar-refractivity contribution < 1.29 is 0 Å². The lowest BCUT2D eigenvalue weighted by atomic mass is 10.3. The summed E-state index contributed by atoms with van der Waals surface area (Å²) in [5.41, 5.74) is 5.59. The van der Waals surface area contributed by atoms with Crippen LogP contribution in [0.1, 0.15) is 13.3 Å². The van der Waals surface area contributed by atoms with Crippen molar-refractivity contribution >= 4 is 21.7 Å². The van der Waals surface area contributed by atoms with E-state index in [0.717, 1.165) is 22.9 Å². The molecule has 1 saturated carbocycles. The summed E-state index contributed by atoms with van der Waals surface area (Å²) in [6.07, 6.45) is 3.28. The fourth-order valence-corrected chi connectivity index (χ4v) is 1.71. The van der Waals surface area contributed by atoms with Gasteiger partial charge in [0.15, 0.2) is 5.82 Å². The first-order chi connectivity index (χ1) is 5.66. The van der Waals surface area contributed by atoms with Gasteiger partial charge < -0.3 is 5.73 Å². The second-order valence-electron chi connectivity index (χ2n) is 3.56. The molecule has 0 bridgehead atoms. The monoisotopic (exact) mass is 229 g/mol. The van der Waals surface area contributed by atoms with E-state index in [0.29, 0.717) is 5.82 Å². The van der Waals surface area contributed by atoms with Gasteiger partial charge in [-0.1, -0.05) is 6.92 Å². The van der Waals surface area contributed by atoms with Gasteiger partial charge in [-0.2, -0.15) is 5.10 Å². The molecule has 0 saturated heterocycles. The van der Waals surface area contributed by atoms with Crippen LogP contribution in [0.15, 0.2) is 10.7 Å². The number of nitrogens with two attached hydrogens (primary N) is 1. The average molecular weight is 230 g/mol. The molecule has 2 unspecified atom stereocenters. The summed E-state index contributed by atoms with van der Waals surface area (Å²) in [5, 5.41) is 4.17. The molecule has 1 heterocycles. The number of aromatic nitrogens is 2. The van der Waals surface area contributed by atoms with Gasteiger partial charge in [0.25, 0.3) is 0 Å². The van der Waals surface area contributed by atoms with Crippen molar-refractivity contribution in [3.63, 3.8) is 0 Å². The van der Waals surface area contributed by atoms with Gasteiger partial charge in [0.05, 0.1) is 4.47 Å². The molecule has 4 heteroatoms. The minimum absolute atomic E-state index is 0.586. The van der Waals surface area contributed by atoms with E-state index < -0.39 is 0 Å². The predicted octanol–water partition coefficient (Wildman–Crippen LogP) is 1.88. The molecule has 0 aliphatic heterocycles. The first-order valence-electron chi connectivity index (χ1n) is 4.15. The number of hydrogen-bond acceptors (Lipinski definition) is 2. The number of rotatable bonds is 2. The number of nitrogen functional groups attached to an aromatic ring is 1. The van der Waals surface area contributed by atoms with Crippen molar-refractivity contribution in [2.24, 2.45) is 11.8 Å².